The molecule has 1 amide bonds. The van der Waals surface area contributed by atoms with Gasteiger partial charge in [0.15, 0.2) is 0 Å². The van der Waals surface area contributed by atoms with E-state index in [0.717, 1.165) is 5.69 Å². The van der Waals surface area contributed by atoms with Gasteiger partial charge >= 0.3 is 0 Å². The molecule has 0 fully saturated rings. The Kier molecular flexibility index (Phi) is 3.42. The maximum atomic E-state index is 11.8. The molecule has 0 atom stereocenters. The van der Waals surface area contributed by atoms with E-state index in [1.807, 2.05) is 13.8 Å². The molecule has 15 heavy (non-hydrogen) atoms. The van der Waals surface area contributed by atoms with Crippen LogP contribution in [-0.2, 0) is 4.79 Å². The van der Waals surface area contributed by atoms with E-state index in [0.29, 0.717) is 6.42 Å². The van der Waals surface area contributed by atoms with Crippen LogP contribution in [0.5, 0.6) is 0 Å². The normalized spacial score (nSPS) is 11.2. The standard InChI is InChI=1S/C11H17N3O/c1-11(2,12)8-10(15)14(3)9-4-6-13-7-5-9/h4-7H,8,12H2,1-3H3. The Labute approximate surface area is 90.1 Å². The number of nitrogens with zero attached hydrogens (tertiary/aromatic N) is 2. The highest BCUT2D eigenvalue weighted by Crippen LogP contribution is 2.14. The van der Waals surface area contributed by atoms with E-state index < -0.39 is 5.54 Å². The number of pyridine rings is 1. The lowest BCUT2D eigenvalue weighted by molar-refractivity contribution is -0.119. The van der Waals surface area contributed by atoms with Crippen molar-refractivity contribution in [3.05, 3.63) is 24.5 Å². The monoisotopic (exact) mass is 207 g/mol. The highest BCUT2D eigenvalue weighted by Gasteiger charge is 2.19. The van der Waals surface area contributed by atoms with Crippen molar-refractivity contribution in [2.24, 2.45) is 5.73 Å². The predicted octanol–water partition coefficient (Wildman–Crippen LogP) is 1.17. The van der Waals surface area contributed by atoms with E-state index in [1.54, 1.807) is 36.5 Å². The predicted molar refractivity (Wildman–Crippen MR) is 60.5 cm³/mol. The molecule has 0 spiro atoms. The fourth-order valence-corrected chi connectivity index (χ4v) is 1.22. The Balaban J connectivity index is 2.70. The van der Waals surface area contributed by atoms with Crippen LogP contribution in [0, 0.1) is 0 Å². The third-order valence-electron chi connectivity index (χ3n) is 2.03. The maximum absolute atomic E-state index is 11.8. The summed E-state index contributed by atoms with van der Waals surface area (Å²) in [5.74, 6) is 0.00806. The zero-order chi connectivity index (χ0) is 11.5. The molecule has 0 bridgehead atoms. The van der Waals surface area contributed by atoms with Crippen molar-refractivity contribution in [1.82, 2.24) is 4.98 Å². The Morgan fingerprint density at radius 3 is 2.47 bits per heavy atom. The fourth-order valence-electron chi connectivity index (χ4n) is 1.22. The highest BCUT2D eigenvalue weighted by atomic mass is 16.2. The lowest BCUT2D eigenvalue weighted by Gasteiger charge is -2.23. The Morgan fingerprint density at radius 2 is 2.00 bits per heavy atom. The Bertz CT molecular complexity index is 329. The first-order chi connectivity index (χ1) is 6.90. The van der Waals surface area contributed by atoms with Crippen LogP contribution in [0.25, 0.3) is 0 Å². The molecule has 1 heterocycles. The van der Waals surface area contributed by atoms with E-state index in [9.17, 15) is 4.79 Å². The minimum Gasteiger partial charge on any atom is -0.325 e. The van der Waals surface area contributed by atoms with Gasteiger partial charge in [0.2, 0.25) is 5.91 Å². The van der Waals surface area contributed by atoms with Gasteiger partial charge in [-0.25, -0.2) is 0 Å². The second-order valence-electron chi connectivity index (χ2n) is 4.32. The molecule has 0 aliphatic carbocycles. The van der Waals surface area contributed by atoms with Crippen molar-refractivity contribution in [2.45, 2.75) is 25.8 Å². The lowest BCUT2D eigenvalue weighted by Crippen LogP contribution is -2.39. The molecule has 0 aromatic carbocycles. The fraction of sp³-hybridized carbons (Fsp3) is 0.455. The quantitative estimate of drug-likeness (QED) is 0.809. The molecular formula is C11H17N3O. The Morgan fingerprint density at radius 1 is 1.47 bits per heavy atom. The molecule has 0 unspecified atom stereocenters. The molecule has 4 heteroatoms. The van der Waals surface area contributed by atoms with Gasteiger partial charge in [-0.2, -0.15) is 0 Å². The van der Waals surface area contributed by atoms with Crippen molar-refractivity contribution in [3.63, 3.8) is 0 Å². The minimum absolute atomic E-state index is 0.00806. The molecule has 0 radical (unpaired) electrons. The number of carbonyl (C=O) groups excluding carboxylic acids is 1. The summed E-state index contributed by atoms with van der Waals surface area (Å²) in [5, 5.41) is 0. The summed E-state index contributed by atoms with van der Waals surface area (Å²) in [7, 11) is 1.74. The van der Waals surface area contributed by atoms with Crippen molar-refractivity contribution in [1.29, 1.82) is 0 Å². The second-order valence-corrected chi connectivity index (χ2v) is 4.32. The minimum atomic E-state index is -0.474. The summed E-state index contributed by atoms with van der Waals surface area (Å²) in [5.41, 5.74) is 6.15. The number of rotatable bonds is 3. The zero-order valence-corrected chi connectivity index (χ0v) is 9.40. The van der Waals surface area contributed by atoms with Crippen LogP contribution in [0.4, 0.5) is 5.69 Å². The van der Waals surface area contributed by atoms with E-state index in [2.05, 4.69) is 4.98 Å². The summed E-state index contributed by atoms with van der Waals surface area (Å²) >= 11 is 0. The molecule has 2 N–H and O–H groups in total. The van der Waals surface area contributed by atoms with Gasteiger partial charge in [-0.3, -0.25) is 9.78 Å². The van der Waals surface area contributed by atoms with Gasteiger partial charge in [0.1, 0.15) is 0 Å². The molecule has 82 valence electrons. The molecule has 0 aliphatic rings. The molecule has 0 aliphatic heterocycles. The summed E-state index contributed by atoms with van der Waals surface area (Å²) in [6.07, 6.45) is 3.64. The van der Waals surface area contributed by atoms with Gasteiger partial charge < -0.3 is 10.6 Å². The van der Waals surface area contributed by atoms with Gasteiger partial charge in [0, 0.05) is 37.1 Å². The number of aromatic nitrogens is 1. The average Bonchev–Trinajstić information content (AvgIpc) is 2.15. The van der Waals surface area contributed by atoms with Crippen LogP contribution in [0.1, 0.15) is 20.3 Å². The number of hydrogen-bond donors (Lipinski definition) is 1. The van der Waals surface area contributed by atoms with Gasteiger partial charge in [0.25, 0.3) is 0 Å². The van der Waals surface area contributed by atoms with Gasteiger partial charge in [0.05, 0.1) is 0 Å². The van der Waals surface area contributed by atoms with Crippen molar-refractivity contribution < 1.29 is 4.79 Å². The molecule has 0 saturated heterocycles. The van der Waals surface area contributed by atoms with Gasteiger partial charge in [-0.05, 0) is 26.0 Å². The lowest BCUT2D eigenvalue weighted by atomic mass is 10.0. The third-order valence-corrected chi connectivity index (χ3v) is 2.03. The molecule has 0 saturated carbocycles. The molecular weight excluding hydrogens is 190 g/mol. The number of nitrogens with two attached hydrogens (primary N) is 1. The zero-order valence-electron chi connectivity index (χ0n) is 9.40. The summed E-state index contributed by atoms with van der Waals surface area (Å²) in [6, 6.07) is 3.59. The van der Waals surface area contributed by atoms with Crippen LogP contribution in [0.3, 0.4) is 0 Å². The summed E-state index contributed by atoms with van der Waals surface area (Å²) in [4.78, 5) is 17.3. The summed E-state index contributed by atoms with van der Waals surface area (Å²) < 4.78 is 0. The van der Waals surface area contributed by atoms with Crippen LogP contribution in [0.15, 0.2) is 24.5 Å². The van der Waals surface area contributed by atoms with Crippen LogP contribution in [-0.4, -0.2) is 23.5 Å². The molecule has 1 aromatic rings. The van der Waals surface area contributed by atoms with Crippen molar-refractivity contribution >= 4 is 11.6 Å². The number of carbonyl (C=O) groups is 1. The third kappa shape index (κ3) is 3.67. The van der Waals surface area contributed by atoms with E-state index >= 15 is 0 Å². The van der Waals surface area contributed by atoms with Crippen LogP contribution >= 0.6 is 0 Å². The molecule has 1 aromatic heterocycles. The smallest absolute Gasteiger partial charge is 0.228 e. The van der Waals surface area contributed by atoms with Crippen molar-refractivity contribution in [2.75, 3.05) is 11.9 Å². The van der Waals surface area contributed by atoms with E-state index in [-0.39, 0.29) is 5.91 Å². The summed E-state index contributed by atoms with van der Waals surface area (Å²) in [6.45, 7) is 3.68. The van der Waals surface area contributed by atoms with Crippen LogP contribution in [0.2, 0.25) is 0 Å². The largest absolute Gasteiger partial charge is 0.325 e. The maximum Gasteiger partial charge on any atom is 0.228 e. The molecule has 4 nitrogen and oxygen atoms in total. The molecule has 1 rings (SSSR count). The Hall–Kier alpha value is -1.42. The van der Waals surface area contributed by atoms with Crippen molar-refractivity contribution in [3.8, 4) is 0 Å². The van der Waals surface area contributed by atoms with Gasteiger partial charge in [-0.15, -0.1) is 0 Å². The first kappa shape index (κ1) is 11.7. The SMILES string of the molecule is CN(C(=O)CC(C)(C)N)c1ccncc1. The topological polar surface area (TPSA) is 59.2 Å². The highest BCUT2D eigenvalue weighted by molar-refractivity contribution is 5.93. The first-order valence-corrected chi connectivity index (χ1v) is 4.85. The second kappa shape index (κ2) is 4.40. The van der Waals surface area contributed by atoms with E-state index in [4.69, 9.17) is 5.73 Å². The van der Waals surface area contributed by atoms with Crippen LogP contribution < -0.4 is 10.6 Å². The number of amides is 1. The van der Waals surface area contributed by atoms with E-state index in [1.165, 1.54) is 0 Å². The first-order valence-electron chi connectivity index (χ1n) is 4.85. The number of hydrogen-bond acceptors (Lipinski definition) is 3. The van der Waals surface area contributed by atoms with Gasteiger partial charge in [-0.1, -0.05) is 0 Å². The average molecular weight is 207 g/mol. The number of anilines is 1.